The van der Waals surface area contributed by atoms with Crippen molar-refractivity contribution in [2.24, 2.45) is 0 Å². The third kappa shape index (κ3) is 2.44. The van der Waals surface area contributed by atoms with Crippen LogP contribution < -0.4 is 0 Å². The summed E-state index contributed by atoms with van der Waals surface area (Å²) in [6.45, 7) is 5.74. The van der Waals surface area contributed by atoms with Crippen LogP contribution in [-0.2, 0) is 0 Å². The molecule has 1 atom stereocenters. The SMILES string of the molecule is Cc1ccc(C(O)c2ccc(C)c(F)c2)cc1C. The van der Waals surface area contributed by atoms with Crippen LogP contribution >= 0.6 is 0 Å². The first-order valence-electron chi connectivity index (χ1n) is 6.00. The van der Waals surface area contributed by atoms with Crippen molar-refractivity contribution in [2.45, 2.75) is 26.9 Å². The maximum Gasteiger partial charge on any atom is 0.126 e. The lowest BCUT2D eigenvalue weighted by atomic mass is 9.97. The summed E-state index contributed by atoms with van der Waals surface area (Å²) in [7, 11) is 0. The highest BCUT2D eigenvalue weighted by atomic mass is 19.1. The van der Waals surface area contributed by atoms with E-state index in [1.807, 2.05) is 32.0 Å². The summed E-state index contributed by atoms with van der Waals surface area (Å²) in [5, 5.41) is 10.3. The Morgan fingerprint density at radius 1 is 0.833 bits per heavy atom. The predicted molar refractivity (Wildman–Crippen MR) is 71.1 cm³/mol. The lowest BCUT2D eigenvalue weighted by Crippen LogP contribution is -2.01. The number of hydrogen-bond acceptors (Lipinski definition) is 1. The van der Waals surface area contributed by atoms with Crippen LogP contribution in [0.1, 0.15) is 33.9 Å². The third-order valence-corrected chi connectivity index (χ3v) is 3.36. The Hall–Kier alpha value is -1.67. The normalized spacial score (nSPS) is 12.5. The highest BCUT2D eigenvalue weighted by Gasteiger charge is 2.12. The van der Waals surface area contributed by atoms with Gasteiger partial charge in [-0.25, -0.2) is 4.39 Å². The fourth-order valence-electron chi connectivity index (χ4n) is 1.91. The molecule has 0 spiro atoms. The van der Waals surface area contributed by atoms with Gasteiger partial charge < -0.3 is 5.11 Å². The van der Waals surface area contributed by atoms with Gasteiger partial charge in [-0.15, -0.1) is 0 Å². The van der Waals surface area contributed by atoms with Gasteiger partial charge in [0.25, 0.3) is 0 Å². The van der Waals surface area contributed by atoms with E-state index in [1.165, 1.54) is 11.6 Å². The number of aliphatic hydroxyl groups excluding tert-OH is 1. The Labute approximate surface area is 107 Å². The monoisotopic (exact) mass is 244 g/mol. The molecule has 2 rings (SSSR count). The molecule has 0 aliphatic heterocycles. The van der Waals surface area contributed by atoms with E-state index in [0.29, 0.717) is 11.1 Å². The van der Waals surface area contributed by atoms with Crippen LogP contribution in [0.25, 0.3) is 0 Å². The van der Waals surface area contributed by atoms with Gasteiger partial charge in [-0.3, -0.25) is 0 Å². The molecule has 18 heavy (non-hydrogen) atoms. The van der Waals surface area contributed by atoms with Gasteiger partial charge in [-0.2, -0.15) is 0 Å². The minimum atomic E-state index is -0.778. The number of halogens is 1. The van der Waals surface area contributed by atoms with Crippen LogP contribution in [0.2, 0.25) is 0 Å². The molecular formula is C16H17FO. The van der Waals surface area contributed by atoms with Gasteiger partial charge in [0.1, 0.15) is 11.9 Å². The first-order valence-corrected chi connectivity index (χ1v) is 6.00. The van der Waals surface area contributed by atoms with Crippen LogP contribution in [0.5, 0.6) is 0 Å². The van der Waals surface area contributed by atoms with E-state index < -0.39 is 6.10 Å². The Morgan fingerprint density at radius 3 is 1.94 bits per heavy atom. The van der Waals surface area contributed by atoms with Gasteiger partial charge in [0.15, 0.2) is 0 Å². The summed E-state index contributed by atoms with van der Waals surface area (Å²) < 4.78 is 13.5. The average molecular weight is 244 g/mol. The standard InChI is InChI=1S/C16H17FO/c1-10-4-6-13(8-12(10)3)16(18)14-7-5-11(2)15(17)9-14/h4-9,16,18H,1-3H3. The van der Waals surface area contributed by atoms with Gasteiger partial charge >= 0.3 is 0 Å². The van der Waals surface area contributed by atoms with Crippen molar-refractivity contribution in [3.05, 3.63) is 70.0 Å². The van der Waals surface area contributed by atoms with Crippen molar-refractivity contribution in [1.29, 1.82) is 0 Å². The topological polar surface area (TPSA) is 20.2 Å². The number of rotatable bonds is 2. The van der Waals surface area contributed by atoms with Gasteiger partial charge in [0, 0.05) is 0 Å². The molecule has 0 amide bonds. The summed E-state index contributed by atoms with van der Waals surface area (Å²) in [6.07, 6.45) is -0.778. The summed E-state index contributed by atoms with van der Waals surface area (Å²) in [4.78, 5) is 0. The summed E-state index contributed by atoms with van der Waals surface area (Å²) in [5.41, 5.74) is 4.27. The van der Waals surface area contributed by atoms with Gasteiger partial charge in [0.05, 0.1) is 0 Å². The zero-order valence-corrected chi connectivity index (χ0v) is 10.9. The van der Waals surface area contributed by atoms with Gasteiger partial charge in [-0.1, -0.05) is 30.3 Å². The molecule has 0 fully saturated rings. The lowest BCUT2D eigenvalue weighted by molar-refractivity contribution is 0.219. The van der Waals surface area contributed by atoms with Crippen LogP contribution in [0.3, 0.4) is 0 Å². The summed E-state index contributed by atoms with van der Waals surface area (Å²) in [5.74, 6) is -0.282. The highest BCUT2D eigenvalue weighted by Crippen LogP contribution is 2.25. The molecule has 94 valence electrons. The zero-order chi connectivity index (χ0) is 13.3. The molecule has 0 saturated heterocycles. The highest BCUT2D eigenvalue weighted by molar-refractivity contribution is 5.36. The largest absolute Gasteiger partial charge is 0.384 e. The van der Waals surface area contributed by atoms with Crippen molar-refractivity contribution in [2.75, 3.05) is 0 Å². The zero-order valence-electron chi connectivity index (χ0n) is 10.9. The molecule has 0 heterocycles. The minimum Gasteiger partial charge on any atom is -0.384 e. The fourth-order valence-corrected chi connectivity index (χ4v) is 1.91. The summed E-state index contributed by atoms with van der Waals surface area (Å²) >= 11 is 0. The average Bonchev–Trinajstić information content (AvgIpc) is 2.35. The number of aryl methyl sites for hydroxylation is 3. The van der Waals surface area contributed by atoms with Gasteiger partial charge in [-0.05, 0) is 54.7 Å². The van der Waals surface area contributed by atoms with E-state index in [0.717, 1.165) is 11.1 Å². The molecule has 0 bridgehead atoms. The molecule has 0 saturated carbocycles. The van der Waals surface area contributed by atoms with Crippen LogP contribution in [0.15, 0.2) is 36.4 Å². The quantitative estimate of drug-likeness (QED) is 0.851. The number of benzene rings is 2. The molecular weight excluding hydrogens is 227 g/mol. The van der Waals surface area contributed by atoms with Crippen LogP contribution in [0, 0.1) is 26.6 Å². The first-order chi connectivity index (χ1) is 8.49. The number of aliphatic hydroxyl groups is 1. The molecule has 0 aliphatic carbocycles. The van der Waals surface area contributed by atoms with E-state index in [1.54, 1.807) is 19.1 Å². The molecule has 1 nitrogen and oxygen atoms in total. The second-order valence-electron chi connectivity index (χ2n) is 4.75. The molecule has 1 N–H and O–H groups in total. The molecule has 2 aromatic carbocycles. The third-order valence-electron chi connectivity index (χ3n) is 3.36. The van der Waals surface area contributed by atoms with Crippen LogP contribution in [0.4, 0.5) is 4.39 Å². The maximum absolute atomic E-state index is 13.5. The van der Waals surface area contributed by atoms with E-state index in [4.69, 9.17) is 0 Å². The van der Waals surface area contributed by atoms with E-state index >= 15 is 0 Å². The van der Waals surface area contributed by atoms with Crippen molar-refractivity contribution in [3.8, 4) is 0 Å². The van der Waals surface area contributed by atoms with Crippen molar-refractivity contribution in [1.82, 2.24) is 0 Å². The molecule has 2 heteroatoms. The van der Waals surface area contributed by atoms with Crippen molar-refractivity contribution in [3.63, 3.8) is 0 Å². The minimum absolute atomic E-state index is 0.282. The molecule has 2 aromatic rings. The van der Waals surface area contributed by atoms with E-state index in [2.05, 4.69) is 0 Å². The Bertz CT molecular complexity index is 524. The van der Waals surface area contributed by atoms with Gasteiger partial charge in [0.2, 0.25) is 0 Å². The predicted octanol–water partition coefficient (Wildman–Crippen LogP) is 3.83. The fraction of sp³-hybridized carbons (Fsp3) is 0.250. The second kappa shape index (κ2) is 4.91. The van der Waals surface area contributed by atoms with Crippen molar-refractivity contribution < 1.29 is 9.50 Å². The Morgan fingerprint density at radius 2 is 1.39 bits per heavy atom. The van der Waals surface area contributed by atoms with Crippen molar-refractivity contribution >= 4 is 0 Å². The smallest absolute Gasteiger partial charge is 0.126 e. The first kappa shape index (κ1) is 12.8. The second-order valence-corrected chi connectivity index (χ2v) is 4.75. The Kier molecular flexibility index (Phi) is 3.48. The van der Waals surface area contributed by atoms with E-state index in [9.17, 15) is 9.50 Å². The maximum atomic E-state index is 13.5. The Balaban J connectivity index is 2.37. The summed E-state index contributed by atoms with van der Waals surface area (Å²) in [6, 6.07) is 10.6. The lowest BCUT2D eigenvalue weighted by Gasteiger charge is -2.13. The molecule has 0 aliphatic rings. The van der Waals surface area contributed by atoms with E-state index in [-0.39, 0.29) is 5.82 Å². The molecule has 1 unspecified atom stereocenters. The van der Waals surface area contributed by atoms with Crippen LogP contribution in [-0.4, -0.2) is 5.11 Å². The number of hydrogen-bond donors (Lipinski definition) is 1. The molecule has 0 radical (unpaired) electrons. The molecule has 0 aromatic heterocycles.